The molecular formula is C21H23N3O2S2. The van der Waals surface area contributed by atoms with Gasteiger partial charge in [0, 0.05) is 22.1 Å². The van der Waals surface area contributed by atoms with E-state index in [2.05, 4.69) is 29.4 Å². The molecule has 1 N–H and O–H groups in total. The van der Waals surface area contributed by atoms with Crippen molar-refractivity contribution in [2.45, 2.75) is 37.6 Å². The summed E-state index contributed by atoms with van der Waals surface area (Å²) in [6.07, 6.45) is 4.57. The Hall–Kier alpha value is -2.12. The first kappa shape index (κ1) is 19.2. The molecule has 0 spiro atoms. The van der Waals surface area contributed by atoms with Gasteiger partial charge >= 0.3 is 0 Å². The largest absolute Gasteiger partial charge is 0.354 e. The van der Waals surface area contributed by atoms with Gasteiger partial charge in [-0.1, -0.05) is 25.1 Å². The van der Waals surface area contributed by atoms with E-state index in [0.29, 0.717) is 12.5 Å². The summed E-state index contributed by atoms with van der Waals surface area (Å²) in [6.45, 7) is 2.83. The van der Waals surface area contributed by atoms with Crippen LogP contribution < -0.4 is 10.9 Å². The number of aryl methyl sites for hydroxylation is 1. The van der Waals surface area contributed by atoms with Crippen molar-refractivity contribution in [1.29, 1.82) is 0 Å². The van der Waals surface area contributed by atoms with Crippen molar-refractivity contribution >= 4 is 39.2 Å². The molecule has 0 saturated heterocycles. The molecule has 2 aromatic heterocycles. The van der Waals surface area contributed by atoms with Crippen LogP contribution in [0.2, 0.25) is 0 Å². The van der Waals surface area contributed by atoms with Crippen molar-refractivity contribution in [3.05, 3.63) is 57.5 Å². The van der Waals surface area contributed by atoms with Crippen LogP contribution in [0.25, 0.3) is 10.2 Å². The van der Waals surface area contributed by atoms with Crippen molar-refractivity contribution in [1.82, 2.24) is 14.9 Å². The molecule has 2 heterocycles. The summed E-state index contributed by atoms with van der Waals surface area (Å²) in [7, 11) is 0. The third-order valence-electron chi connectivity index (χ3n) is 5.03. The summed E-state index contributed by atoms with van der Waals surface area (Å²) in [5.74, 6) is 1.29. The van der Waals surface area contributed by atoms with Crippen LogP contribution in [0.15, 0.2) is 46.3 Å². The van der Waals surface area contributed by atoms with Gasteiger partial charge in [0.1, 0.15) is 11.4 Å². The molecule has 3 aromatic rings. The Morgan fingerprint density at radius 1 is 1.36 bits per heavy atom. The smallest absolute Gasteiger partial charge is 0.262 e. The van der Waals surface area contributed by atoms with Crippen LogP contribution >= 0.6 is 23.1 Å². The molecule has 0 unspecified atom stereocenters. The molecule has 1 aliphatic rings. The Morgan fingerprint density at radius 3 is 3.00 bits per heavy atom. The first-order valence-corrected chi connectivity index (χ1v) is 11.4. The monoisotopic (exact) mass is 413 g/mol. The van der Waals surface area contributed by atoms with Gasteiger partial charge in [0.2, 0.25) is 5.91 Å². The number of aromatic nitrogens is 2. The average Bonchev–Trinajstić information content (AvgIpc) is 3.06. The molecule has 0 radical (unpaired) electrons. The van der Waals surface area contributed by atoms with E-state index in [1.54, 1.807) is 23.1 Å². The highest BCUT2D eigenvalue weighted by molar-refractivity contribution is 7.99. The fourth-order valence-electron chi connectivity index (χ4n) is 3.57. The molecule has 7 heteroatoms. The number of rotatable bonds is 6. The minimum Gasteiger partial charge on any atom is -0.354 e. The first-order valence-electron chi connectivity index (χ1n) is 9.56. The van der Waals surface area contributed by atoms with Crippen LogP contribution in [0.1, 0.15) is 23.8 Å². The molecule has 0 bridgehead atoms. The van der Waals surface area contributed by atoms with Gasteiger partial charge in [-0.15, -0.1) is 23.1 Å². The standard InChI is InChI=1S/C21H23N3O2S2/c1-14-7-8-16-17(11-14)28-20-19(16)21(26)24(13-23-20)12-18(25)22-9-10-27-15-5-3-2-4-6-15/h2-6,13-14H,7-12H2,1H3,(H,22,25)/t14-/m1/s1. The van der Waals surface area contributed by atoms with Crippen LogP contribution in [0, 0.1) is 5.92 Å². The lowest BCUT2D eigenvalue weighted by Crippen LogP contribution is -2.33. The molecule has 28 heavy (non-hydrogen) atoms. The molecule has 1 aliphatic carbocycles. The Labute approximate surface area is 172 Å². The van der Waals surface area contributed by atoms with E-state index in [0.717, 1.165) is 40.8 Å². The van der Waals surface area contributed by atoms with Crippen LogP contribution in [0.5, 0.6) is 0 Å². The minimum absolute atomic E-state index is 0.0127. The van der Waals surface area contributed by atoms with E-state index in [4.69, 9.17) is 0 Å². The summed E-state index contributed by atoms with van der Waals surface area (Å²) in [5.41, 5.74) is 1.07. The molecular weight excluding hydrogens is 390 g/mol. The van der Waals surface area contributed by atoms with E-state index in [1.807, 2.05) is 18.2 Å². The van der Waals surface area contributed by atoms with Gasteiger partial charge in [-0.2, -0.15) is 0 Å². The number of benzene rings is 1. The van der Waals surface area contributed by atoms with Crippen molar-refractivity contribution in [2.75, 3.05) is 12.3 Å². The summed E-state index contributed by atoms with van der Waals surface area (Å²) in [4.78, 5) is 33.0. The fourth-order valence-corrected chi connectivity index (χ4v) is 5.70. The lowest BCUT2D eigenvalue weighted by Gasteiger charge is -2.17. The number of fused-ring (bicyclic) bond motifs is 3. The van der Waals surface area contributed by atoms with E-state index in [-0.39, 0.29) is 18.0 Å². The first-order chi connectivity index (χ1) is 13.6. The Bertz CT molecular complexity index is 1040. The lowest BCUT2D eigenvalue weighted by molar-refractivity contribution is -0.121. The maximum Gasteiger partial charge on any atom is 0.262 e. The van der Waals surface area contributed by atoms with Crippen molar-refractivity contribution in [3.63, 3.8) is 0 Å². The zero-order valence-electron chi connectivity index (χ0n) is 15.8. The fraction of sp³-hybridized carbons (Fsp3) is 0.381. The van der Waals surface area contributed by atoms with E-state index >= 15 is 0 Å². The summed E-state index contributed by atoms with van der Waals surface area (Å²) < 4.78 is 1.44. The maximum atomic E-state index is 12.9. The number of carbonyl (C=O) groups is 1. The number of nitrogens with one attached hydrogen (secondary N) is 1. The molecule has 0 fully saturated rings. The number of carbonyl (C=O) groups excluding carboxylic acids is 1. The highest BCUT2D eigenvalue weighted by Gasteiger charge is 2.23. The number of hydrogen-bond donors (Lipinski definition) is 1. The van der Waals surface area contributed by atoms with Gasteiger partial charge in [0.05, 0.1) is 11.7 Å². The number of amides is 1. The van der Waals surface area contributed by atoms with Crippen LogP contribution in [-0.2, 0) is 24.2 Å². The summed E-state index contributed by atoms with van der Waals surface area (Å²) in [5, 5.41) is 3.62. The predicted octanol–water partition coefficient (Wildman–Crippen LogP) is 3.49. The zero-order valence-corrected chi connectivity index (χ0v) is 17.4. The van der Waals surface area contributed by atoms with Gasteiger partial charge in [0.15, 0.2) is 0 Å². The van der Waals surface area contributed by atoms with E-state index in [9.17, 15) is 9.59 Å². The molecule has 4 rings (SSSR count). The Balaban J connectivity index is 1.39. The highest BCUT2D eigenvalue weighted by atomic mass is 32.2. The van der Waals surface area contributed by atoms with Crippen molar-refractivity contribution < 1.29 is 4.79 Å². The molecule has 146 valence electrons. The van der Waals surface area contributed by atoms with E-state index in [1.165, 1.54) is 20.7 Å². The molecule has 1 atom stereocenters. The number of thioether (sulfide) groups is 1. The van der Waals surface area contributed by atoms with Gasteiger partial charge in [-0.25, -0.2) is 4.98 Å². The Kier molecular flexibility index (Phi) is 5.82. The number of nitrogens with zero attached hydrogens (tertiary/aromatic N) is 2. The van der Waals surface area contributed by atoms with Crippen molar-refractivity contribution in [3.8, 4) is 0 Å². The van der Waals surface area contributed by atoms with Crippen molar-refractivity contribution in [2.24, 2.45) is 5.92 Å². The summed E-state index contributed by atoms with van der Waals surface area (Å²) >= 11 is 3.33. The molecule has 0 saturated carbocycles. The van der Waals surface area contributed by atoms with Gasteiger partial charge < -0.3 is 5.32 Å². The third kappa shape index (κ3) is 4.15. The SMILES string of the molecule is C[C@@H]1CCc2c(sc3ncn(CC(=O)NCCSc4ccccc4)c(=O)c23)C1. The maximum absolute atomic E-state index is 12.9. The molecule has 1 amide bonds. The quantitative estimate of drug-likeness (QED) is 0.496. The van der Waals surface area contributed by atoms with E-state index < -0.39 is 0 Å². The lowest BCUT2D eigenvalue weighted by atomic mass is 9.89. The second-order valence-electron chi connectivity index (χ2n) is 7.22. The van der Waals surface area contributed by atoms with Gasteiger partial charge in [-0.3, -0.25) is 14.2 Å². The second-order valence-corrected chi connectivity index (χ2v) is 9.47. The van der Waals surface area contributed by atoms with Gasteiger partial charge in [-0.05, 0) is 42.9 Å². The average molecular weight is 414 g/mol. The molecule has 0 aliphatic heterocycles. The Morgan fingerprint density at radius 2 is 2.18 bits per heavy atom. The minimum atomic E-state index is -0.158. The number of thiophene rings is 1. The predicted molar refractivity (Wildman–Crippen MR) is 115 cm³/mol. The molecule has 1 aromatic carbocycles. The number of hydrogen-bond acceptors (Lipinski definition) is 5. The van der Waals surface area contributed by atoms with Crippen LogP contribution in [-0.4, -0.2) is 27.8 Å². The van der Waals surface area contributed by atoms with Crippen LogP contribution in [0.4, 0.5) is 0 Å². The summed E-state index contributed by atoms with van der Waals surface area (Å²) in [6, 6.07) is 10.1. The zero-order chi connectivity index (χ0) is 19.5. The van der Waals surface area contributed by atoms with Gasteiger partial charge in [0.25, 0.3) is 5.56 Å². The second kappa shape index (κ2) is 8.49. The molecule has 5 nitrogen and oxygen atoms in total. The normalized spacial score (nSPS) is 16.1. The third-order valence-corrected chi connectivity index (χ3v) is 7.21. The van der Waals surface area contributed by atoms with Crippen LogP contribution in [0.3, 0.4) is 0 Å². The highest BCUT2D eigenvalue weighted by Crippen LogP contribution is 2.35. The topological polar surface area (TPSA) is 64.0 Å².